The fourth-order valence-electron chi connectivity index (χ4n) is 1.37. The van der Waals surface area contributed by atoms with Crippen molar-refractivity contribution in [2.75, 3.05) is 12.8 Å². The smallest absolute Gasteiger partial charge is 0.0169 e. The van der Waals surface area contributed by atoms with E-state index in [1.165, 1.54) is 22.9 Å². The molecule has 0 aliphatic rings. The van der Waals surface area contributed by atoms with Crippen LogP contribution in [0.4, 0.5) is 0 Å². The molecule has 0 saturated heterocycles. The van der Waals surface area contributed by atoms with E-state index in [0.717, 1.165) is 21.4 Å². The van der Waals surface area contributed by atoms with E-state index in [4.69, 9.17) is 0 Å². The Morgan fingerprint density at radius 3 is 2.35 bits per heavy atom. The first kappa shape index (κ1) is 16.4. The van der Waals surface area contributed by atoms with Crippen LogP contribution in [0.1, 0.15) is 40.5 Å². The van der Waals surface area contributed by atoms with Crippen LogP contribution in [0.3, 0.4) is 0 Å². The monoisotopic (exact) mass is 250 g/mol. The third-order valence-electron chi connectivity index (χ3n) is 2.46. The van der Waals surface area contributed by atoms with Crippen LogP contribution in [0.2, 0.25) is 0 Å². The number of rotatable bonds is 7. The van der Waals surface area contributed by atoms with Gasteiger partial charge >= 0.3 is 0 Å². The molecule has 96 valence electrons. The minimum atomic E-state index is 1.02. The van der Waals surface area contributed by atoms with Crippen molar-refractivity contribution in [1.29, 1.82) is 0 Å². The van der Waals surface area contributed by atoms with Crippen LogP contribution in [0.5, 0.6) is 0 Å². The highest BCUT2D eigenvalue weighted by Crippen LogP contribution is 2.08. The lowest BCUT2D eigenvalue weighted by atomic mass is 10.1. The van der Waals surface area contributed by atoms with Crippen LogP contribution < -0.4 is 0 Å². The first-order valence-corrected chi connectivity index (χ1v) is 8.05. The summed E-state index contributed by atoms with van der Waals surface area (Å²) in [7, 11) is 1.02. The molecular weight excluding hydrogens is 223 g/mol. The van der Waals surface area contributed by atoms with Crippen molar-refractivity contribution in [3.8, 4) is 0 Å². The molecule has 0 N–H and O–H groups in total. The van der Waals surface area contributed by atoms with Crippen molar-refractivity contribution in [3.63, 3.8) is 0 Å². The van der Waals surface area contributed by atoms with Crippen molar-refractivity contribution in [2.24, 2.45) is 0 Å². The summed E-state index contributed by atoms with van der Waals surface area (Å²) in [4.78, 5) is 0. The van der Waals surface area contributed by atoms with E-state index in [1.807, 2.05) is 0 Å². The van der Waals surface area contributed by atoms with Crippen LogP contribution in [0, 0.1) is 0 Å². The van der Waals surface area contributed by atoms with Crippen LogP contribution in [-0.2, 0) is 0 Å². The first-order valence-electron chi connectivity index (χ1n) is 6.34. The Hall–Kier alpha value is -0.610. The van der Waals surface area contributed by atoms with E-state index < -0.39 is 0 Å². The van der Waals surface area contributed by atoms with Gasteiger partial charge < -0.3 is 0 Å². The topological polar surface area (TPSA) is 0 Å². The highest BCUT2D eigenvalue weighted by molar-refractivity contribution is 7.37. The molecule has 0 bridgehead atoms. The third-order valence-corrected chi connectivity index (χ3v) is 3.07. The Morgan fingerprint density at radius 1 is 1.06 bits per heavy atom. The van der Waals surface area contributed by atoms with E-state index in [9.17, 15) is 0 Å². The molecule has 0 saturated carbocycles. The van der Waals surface area contributed by atoms with Crippen molar-refractivity contribution in [2.45, 2.75) is 40.5 Å². The largest absolute Gasteiger partial charge is 0.121 e. The SMILES string of the molecule is CPC/C=C(C)/C=C/C=C(\C)CCC=C(C)C. The summed E-state index contributed by atoms with van der Waals surface area (Å²) < 4.78 is 0. The molecule has 0 aliphatic heterocycles. The van der Waals surface area contributed by atoms with E-state index in [2.05, 4.69) is 64.7 Å². The normalized spacial score (nSPS) is 13.9. The molecule has 0 radical (unpaired) electrons. The van der Waals surface area contributed by atoms with Crippen LogP contribution in [0.15, 0.2) is 47.1 Å². The summed E-state index contributed by atoms with van der Waals surface area (Å²) in [6.45, 7) is 10.9. The number of hydrogen-bond donors (Lipinski definition) is 0. The predicted molar refractivity (Wildman–Crippen MR) is 84.4 cm³/mol. The van der Waals surface area contributed by atoms with Gasteiger partial charge in [0.15, 0.2) is 0 Å². The van der Waals surface area contributed by atoms with Gasteiger partial charge in [-0.3, -0.25) is 0 Å². The van der Waals surface area contributed by atoms with Crippen molar-refractivity contribution < 1.29 is 0 Å². The second-order valence-electron chi connectivity index (χ2n) is 4.70. The van der Waals surface area contributed by atoms with Gasteiger partial charge in [-0.05, 0) is 53.4 Å². The molecule has 0 aliphatic carbocycles. The van der Waals surface area contributed by atoms with E-state index in [1.54, 1.807) is 0 Å². The zero-order valence-corrected chi connectivity index (χ0v) is 13.0. The van der Waals surface area contributed by atoms with Crippen LogP contribution in [-0.4, -0.2) is 12.8 Å². The molecule has 1 unspecified atom stereocenters. The minimum absolute atomic E-state index is 1.02. The predicted octanol–water partition coefficient (Wildman–Crippen LogP) is 5.49. The van der Waals surface area contributed by atoms with E-state index in [0.29, 0.717) is 0 Å². The molecule has 0 rings (SSSR count). The summed E-state index contributed by atoms with van der Waals surface area (Å²) in [5, 5.41) is 0. The second kappa shape index (κ2) is 10.5. The van der Waals surface area contributed by atoms with Crippen LogP contribution >= 0.6 is 8.58 Å². The van der Waals surface area contributed by atoms with Gasteiger partial charge in [0.25, 0.3) is 0 Å². The third kappa shape index (κ3) is 11.6. The fourth-order valence-corrected chi connectivity index (χ4v) is 1.89. The molecule has 0 fully saturated rings. The molecule has 0 aromatic carbocycles. The maximum absolute atomic E-state index is 2.31. The van der Waals surface area contributed by atoms with Gasteiger partial charge in [0.2, 0.25) is 0 Å². The van der Waals surface area contributed by atoms with Gasteiger partial charge in [0.05, 0.1) is 0 Å². The zero-order chi connectivity index (χ0) is 13.1. The fraction of sp³-hybridized carbons (Fsp3) is 0.500. The Morgan fingerprint density at radius 2 is 1.76 bits per heavy atom. The Kier molecular flexibility index (Phi) is 10.2. The van der Waals surface area contributed by atoms with E-state index in [-0.39, 0.29) is 0 Å². The zero-order valence-electron chi connectivity index (χ0n) is 12.0. The summed E-state index contributed by atoms with van der Waals surface area (Å²) in [5.41, 5.74) is 4.23. The average molecular weight is 250 g/mol. The molecule has 0 heterocycles. The Labute approximate surface area is 109 Å². The number of hydrogen-bond acceptors (Lipinski definition) is 0. The molecule has 0 nitrogen and oxygen atoms in total. The minimum Gasteiger partial charge on any atom is -0.121 e. The highest BCUT2D eigenvalue weighted by atomic mass is 31.1. The molecule has 0 spiro atoms. The van der Waals surface area contributed by atoms with Gasteiger partial charge in [-0.15, -0.1) is 8.58 Å². The summed E-state index contributed by atoms with van der Waals surface area (Å²) in [6, 6.07) is 0. The standard InChI is InChI=1S/C16H27P/c1-14(2)8-6-9-15(3)10-7-11-16(4)12-13-17-5/h7-8,10-12,17H,6,9,13H2,1-5H3/b11-7+,15-10+,16-12+. The lowest BCUT2D eigenvalue weighted by Gasteiger charge is -1.97. The first-order chi connectivity index (χ1) is 8.06. The number of allylic oxidation sites excluding steroid dienone is 8. The van der Waals surface area contributed by atoms with Crippen molar-refractivity contribution in [3.05, 3.63) is 47.1 Å². The van der Waals surface area contributed by atoms with Crippen molar-refractivity contribution in [1.82, 2.24) is 0 Å². The molecular formula is C16H27P. The van der Waals surface area contributed by atoms with Crippen LogP contribution in [0.25, 0.3) is 0 Å². The summed E-state index contributed by atoms with van der Waals surface area (Å²) in [6.07, 6.45) is 14.7. The maximum atomic E-state index is 2.31. The Balaban J connectivity index is 4.05. The lowest BCUT2D eigenvalue weighted by Crippen LogP contribution is -1.76. The molecule has 1 heteroatoms. The van der Waals surface area contributed by atoms with Gasteiger partial charge in [0, 0.05) is 0 Å². The highest BCUT2D eigenvalue weighted by Gasteiger charge is 1.87. The summed E-state index contributed by atoms with van der Waals surface area (Å²) >= 11 is 0. The summed E-state index contributed by atoms with van der Waals surface area (Å²) in [5.74, 6) is 0. The Bertz CT molecular complexity index is 312. The lowest BCUT2D eigenvalue weighted by molar-refractivity contribution is 0.967. The van der Waals surface area contributed by atoms with E-state index >= 15 is 0 Å². The molecule has 0 aromatic heterocycles. The molecule has 0 amide bonds. The van der Waals surface area contributed by atoms with Gasteiger partial charge in [0.1, 0.15) is 0 Å². The quantitative estimate of drug-likeness (QED) is 0.318. The molecule has 1 atom stereocenters. The average Bonchev–Trinajstić information content (AvgIpc) is 2.25. The van der Waals surface area contributed by atoms with Gasteiger partial charge in [-0.1, -0.05) is 47.1 Å². The van der Waals surface area contributed by atoms with Crippen molar-refractivity contribution >= 4 is 8.58 Å². The van der Waals surface area contributed by atoms with Gasteiger partial charge in [-0.25, -0.2) is 0 Å². The van der Waals surface area contributed by atoms with Gasteiger partial charge in [-0.2, -0.15) is 0 Å². The maximum Gasteiger partial charge on any atom is -0.0169 e. The second-order valence-corrected chi connectivity index (χ2v) is 5.81. The molecule has 17 heavy (non-hydrogen) atoms. The molecule has 0 aromatic rings.